The van der Waals surface area contributed by atoms with E-state index >= 15 is 0 Å². The Kier molecular flexibility index (Phi) is 9.03. The molecule has 0 aliphatic carbocycles. The first kappa shape index (κ1) is 13.3. The van der Waals surface area contributed by atoms with Crippen LogP contribution in [-0.2, 0) is 0 Å². The summed E-state index contributed by atoms with van der Waals surface area (Å²) < 4.78 is 0. The number of aliphatic hydroxyl groups excluding tert-OH is 1. The number of aliphatic hydroxyl groups is 1. The summed E-state index contributed by atoms with van der Waals surface area (Å²) in [6.07, 6.45) is 1.22. The van der Waals surface area contributed by atoms with Crippen molar-refractivity contribution < 1.29 is 5.11 Å². The highest BCUT2D eigenvalue weighted by molar-refractivity contribution is 7.99. The van der Waals surface area contributed by atoms with Crippen molar-refractivity contribution in [3.63, 3.8) is 0 Å². The lowest BCUT2D eigenvalue weighted by molar-refractivity contribution is 0.250. The van der Waals surface area contributed by atoms with Crippen LogP contribution in [0.25, 0.3) is 0 Å². The van der Waals surface area contributed by atoms with Gasteiger partial charge in [0, 0.05) is 12.6 Å². The number of hydrogen-bond donors (Lipinski definition) is 2. The Morgan fingerprint density at radius 2 is 2.08 bits per heavy atom. The molecule has 2 atom stereocenters. The molecule has 0 radical (unpaired) electrons. The van der Waals surface area contributed by atoms with Crippen molar-refractivity contribution >= 4 is 11.8 Å². The van der Waals surface area contributed by atoms with E-state index in [9.17, 15) is 0 Å². The summed E-state index contributed by atoms with van der Waals surface area (Å²) in [5.41, 5.74) is 0. The van der Waals surface area contributed by atoms with Gasteiger partial charge in [0.15, 0.2) is 0 Å². The average molecular weight is 205 g/mol. The standard InChI is InChI=1S/C10H23NOS/c1-4-11-10(3)5-6-13-8-9(2)7-12/h9-12H,4-8H2,1-3H3. The van der Waals surface area contributed by atoms with Crippen LogP contribution in [0.5, 0.6) is 0 Å². The number of thioether (sulfide) groups is 1. The van der Waals surface area contributed by atoms with Gasteiger partial charge in [0.2, 0.25) is 0 Å². The molecule has 0 aromatic heterocycles. The van der Waals surface area contributed by atoms with Gasteiger partial charge in [-0.3, -0.25) is 0 Å². The minimum absolute atomic E-state index is 0.315. The quantitative estimate of drug-likeness (QED) is 0.592. The van der Waals surface area contributed by atoms with Crippen molar-refractivity contribution in [2.24, 2.45) is 5.92 Å². The smallest absolute Gasteiger partial charge is 0.0464 e. The van der Waals surface area contributed by atoms with Gasteiger partial charge >= 0.3 is 0 Å². The van der Waals surface area contributed by atoms with Crippen LogP contribution < -0.4 is 5.32 Å². The lowest BCUT2D eigenvalue weighted by atomic mass is 10.2. The number of nitrogens with one attached hydrogen (secondary N) is 1. The zero-order chi connectivity index (χ0) is 10.1. The summed E-state index contributed by atoms with van der Waals surface area (Å²) in [4.78, 5) is 0. The third kappa shape index (κ3) is 8.60. The van der Waals surface area contributed by atoms with E-state index in [1.807, 2.05) is 11.8 Å². The van der Waals surface area contributed by atoms with Crippen molar-refractivity contribution in [2.45, 2.75) is 33.2 Å². The summed E-state index contributed by atoms with van der Waals surface area (Å²) in [6, 6.07) is 0.627. The van der Waals surface area contributed by atoms with Crippen molar-refractivity contribution in [1.29, 1.82) is 0 Å². The van der Waals surface area contributed by atoms with Gasteiger partial charge < -0.3 is 10.4 Å². The van der Waals surface area contributed by atoms with Crippen LogP contribution >= 0.6 is 11.8 Å². The van der Waals surface area contributed by atoms with E-state index < -0.39 is 0 Å². The molecule has 0 aromatic rings. The summed E-state index contributed by atoms with van der Waals surface area (Å²) in [5, 5.41) is 12.2. The molecule has 0 amide bonds. The van der Waals surface area contributed by atoms with E-state index in [0.717, 1.165) is 12.3 Å². The molecule has 0 aliphatic heterocycles. The van der Waals surface area contributed by atoms with E-state index in [2.05, 4.69) is 26.1 Å². The van der Waals surface area contributed by atoms with Gasteiger partial charge in [-0.1, -0.05) is 13.8 Å². The number of hydrogen-bond acceptors (Lipinski definition) is 3. The van der Waals surface area contributed by atoms with E-state index in [4.69, 9.17) is 5.11 Å². The molecule has 0 rings (SSSR count). The van der Waals surface area contributed by atoms with E-state index in [1.54, 1.807) is 0 Å². The summed E-state index contributed by atoms with van der Waals surface area (Å²) in [7, 11) is 0. The van der Waals surface area contributed by atoms with Gasteiger partial charge in [0.05, 0.1) is 0 Å². The molecule has 0 aliphatic rings. The van der Waals surface area contributed by atoms with E-state index in [1.165, 1.54) is 12.2 Å². The molecule has 0 saturated heterocycles. The van der Waals surface area contributed by atoms with Crippen LogP contribution in [0.15, 0.2) is 0 Å². The van der Waals surface area contributed by atoms with E-state index in [0.29, 0.717) is 18.6 Å². The lowest BCUT2D eigenvalue weighted by Crippen LogP contribution is -2.26. The highest BCUT2D eigenvalue weighted by Crippen LogP contribution is 2.09. The SMILES string of the molecule is CCNC(C)CCSCC(C)CO. The second-order valence-corrected chi connectivity index (χ2v) is 4.76. The molecule has 0 fully saturated rings. The molecule has 0 saturated carbocycles. The van der Waals surface area contributed by atoms with Crippen molar-refractivity contribution in [2.75, 3.05) is 24.7 Å². The normalized spacial score (nSPS) is 15.7. The molecule has 3 heteroatoms. The monoisotopic (exact) mass is 205 g/mol. The Balaban J connectivity index is 3.15. The van der Waals surface area contributed by atoms with Crippen LogP contribution in [0.3, 0.4) is 0 Å². The van der Waals surface area contributed by atoms with Crippen molar-refractivity contribution in [3.8, 4) is 0 Å². The molecular weight excluding hydrogens is 182 g/mol. The highest BCUT2D eigenvalue weighted by atomic mass is 32.2. The molecule has 0 aromatic carbocycles. The fourth-order valence-electron chi connectivity index (χ4n) is 1.05. The van der Waals surface area contributed by atoms with Gasteiger partial charge in [-0.05, 0) is 37.3 Å². The molecule has 13 heavy (non-hydrogen) atoms. The second kappa shape index (κ2) is 8.85. The fraction of sp³-hybridized carbons (Fsp3) is 1.00. The molecule has 2 N–H and O–H groups in total. The summed E-state index contributed by atoms with van der Waals surface area (Å²) in [6.45, 7) is 7.81. The summed E-state index contributed by atoms with van der Waals surface area (Å²) in [5.74, 6) is 2.72. The molecule has 0 bridgehead atoms. The maximum atomic E-state index is 8.80. The molecule has 2 nitrogen and oxygen atoms in total. The molecular formula is C10H23NOS. The third-order valence-electron chi connectivity index (χ3n) is 1.96. The Labute approximate surface area is 86.5 Å². The second-order valence-electron chi connectivity index (χ2n) is 3.61. The molecule has 2 unspecified atom stereocenters. The van der Waals surface area contributed by atoms with Gasteiger partial charge in [0.25, 0.3) is 0 Å². The first-order valence-electron chi connectivity index (χ1n) is 5.12. The fourth-order valence-corrected chi connectivity index (χ4v) is 2.24. The zero-order valence-electron chi connectivity index (χ0n) is 9.05. The lowest BCUT2D eigenvalue weighted by Gasteiger charge is -2.12. The number of rotatable bonds is 8. The van der Waals surface area contributed by atoms with Gasteiger partial charge in [-0.15, -0.1) is 0 Å². The van der Waals surface area contributed by atoms with Gasteiger partial charge in [0.1, 0.15) is 0 Å². The first-order chi connectivity index (χ1) is 6.20. The van der Waals surface area contributed by atoms with Crippen LogP contribution in [-0.4, -0.2) is 35.8 Å². The van der Waals surface area contributed by atoms with Gasteiger partial charge in [-0.2, -0.15) is 11.8 Å². The minimum Gasteiger partial charge on any atom is -0.396 e. The zero-order valence-corrected chi connectivity index (χ0v) is 9.86. The Morgan fingerprint density at radius 3 is 2.62 bits per heavy atom. The van der Waals surface area contributed by atoms with Crippen molar-refractivity contribution in [1.82, 2.24) is 5.32 Å². The highest BCUT2D eigenvalue weighted by Gasteiger charge is 2.02. The molecule has 0 spiro atoms. The predicted molar refractivity (Wildman–Crippen MR) is 61.3 cm³/mol. The molecule has 80 valence electrons. The maximum Gasteiger partial charge on any atom is 0.0464 e. The topological polar surface area (TPSA) is 32.3 Å². The largest absolute Gasteiger partial charge is 0.396 e. The molecule has 0 heterocycles. The Bertz CT molecular complexity index is 111. The van der Waals surface area contributed by atoms with Crippen LogP contribution in [0, 0.1) is 5.92 Å². The maximum absolute atomic E-state index is 8.80. The van der Waals surface area contributed by atoms with Crippen LogP contribution in [0.1, 0.15) is 27.2 Å². The van der Waals surface area contributed by atoms with Gasteiger partial charge in [-0.25, -0.2) is 0 Å². The van der Waals surface area contributed by atoms with E-state index in [-0.39, 0.29) is 0 Å². The van der Waals surface area contributed by atoms with Crippen LogP contribution in [0.2, 0.25) is 0 Å². The third-order valence-corrected chi connectivity index (χ3v) is 3.29. The summed E-state index contributed by atoms with van der Waals surface area (Å²) >= 11 is 1.94. The Morgan fingerprint density at radius 1 is 1.38 bits per heavy atom. The Hall–Kier alpha value is 0.270. The van der Waals surface area contributed by atoms with Crippen molar-refractivity contribution in [3.05, 3.63) is 0 Å². The first-order valence-corrected chi connectivity index (χ1v) is 6.28. The predicted octanol–water partition coefficient (Wildman–Crippen LogP) is 1.74. The minimum atomic E-state index is 0.315. The van der Waals surface area contributed by atoms with Crippen LogP contribution in [0.4, 0.5) is 0 Å². The average Bonchev–Trinajstić information content (AvgIpc) is 2.12.